The summed E-state index contributed by atoms with van der Waals surface area (Å²) < 4.78 is 43.9. The molecule has 9 heteroatoms. The van der Waals surface area contributed by atoms with Crippen LogP contribution in [0.3, 0.4) is 0 Å². The molecule has 0 aliphatic carbocycles. The molecule has 0 aliphatic rings. The third-order valence-corrected chi connectivity index (χ3v) is 8.84. The molecule has 0 fully saturated rings. The summed E-state index contributed by atoms with van der Waals surface area (Å²) in [5, 5.41) is 2.88. The average molecular weight is 602 g/mol. The minimum atomic E-state index is -4.18. The highest BCUT2D eigenvalue weighted by Gasteiger charge is 2.34. The van der Waals surface area contributed by atoms with E-state index >= 15 is 0 Å². The first-order valence-electron chi connectivity index (χ1n) is 14.2. The van der Waals surface area contributed by atoms with Crippen LogP contribution < -0.4 is 9.62 Å². The zero-order chi connectivity index (χ0) is 30.8. The molecular weight excluding hydrogens is 565 g/mol. The number of halogens is 1. The smallest absolute Gasteiger partial charge is 0.264 e. The Hall–Kier alpha value is -4.50. The molecule has 4 aromatic rings. The van der Waals surface area contributed by atoms with Crippen LogP contribution in [0.25, 0.3) is 0 Å². The molecule has 0 heterocycles. The van der Waals surface area contributed by atoms with Crippen LogP contribution >= 0.6 is 0 Å². The number of anilines is 1. The number of hydrogen-bond donors (Lipinski definition) is 1. The van der Waals surface area contributed by atoms with Gasteiger partial charge in [-0.2, -0.15) is 0 Å². The van der Waals surface area contributed by atoms with Crippen molar-refractivity contribution in [1.29, 1.82) is 0 Å². The van der Waals surface area contributed by atoms with E-state index in [9.17, 15) is 22.4 Å². The van der Waals surface area contributed by atoms with Crippen LogP contribution in [0.2, 0.25) is 0 Å². The molecule has 224 valence electrons. The minimum Gasteiger partial charge on any atom is -0.354 e. The van der Waals surface area contributed by atoms with E-state index in [0.29, 0.717) is 18.7 Å². The van der Waals surface area contributed by atoms with Gasteiger partial charge in [-0.1, -0.05) is 91.3 Å². The van der Waals surface area contributed by atoms with Gasteiger partial charge in [-0.25, -0.2) is 12.8 Å². The predicted molar refractivity (Wildman–Crippen MR) is 166 cm³/mol. The van der Waals surface area contributed by atoms with Crippen molar-refractivity contribution in [2.75, 3.05) is 17.4 Å². The highest BCUT2D eigenvalue weighted by Crippen LogP contribution is 2.25. The number of sulfonamides is 1. The Kier molecular flexibility index (Phi) is 10.7. The van der Waals surface area contributed by atoms with Gasteiger partial charge in [0.1, 0.15) is 18.4 Å². The molecule has 43 heavy (non-hydrogen) atoms. The molecular formula is C34H36FN3O4S. The van der Waals surface area contributed by atoms with E-state index in [-0.39, 0.29) is 23.4 Å². The third-order valence-electron chi connectivity index (χ3n) is 7.05. The second-order valence-electron chi connectivity index (χ2n) is 10.3. The second kappa shape index (κ2) is 14.6. The minimum absolute atomic E-state index is 0.0190. The lowest BCUT2D eigenvalue weighted by Gasteiger charge is -2.34. The van der Waals surface area contributed by atoms with E-state index in [1.807, 2.05) is 44.2 Å². The summed E-state index contributed by atoms with van der Waals surface area (Å²) in [7, 11) is -4.18. The summed E-state index contributed by atoms with van der Waals surface area (Å²) in [6, 6.07) is 28.9. The first-order chi connectivity index (χ1) is 20.7. The maximum absolute atomic E-state index is 14.9. The topological polar surface area (TPSA) is 86.8 Å². The fraction of sp³-hybridized carbons (Fsp3) is 0.235. The maximum Gasteiger partial charge on any atom is 0.264 e. The van der Waals surface area contributed by atoms with Crippen molar-refractivity contribution in [3.63, 3.8) is 0 Å². The van der Waals surface area contributed by atoms with Crippen molar-refractivity contribution in [2.24, 2.45) is 0 Å². The molecule has 0 unspecified atom stereocenters. The molecule has 0 saturated heterocycles. The third kappa shape index (κ3) is 8.08. The summed E-state index contributed by atoms with van der Waals surface area (Å²) in [5.41, 5.74) is 2.23. The maximum atomic E-state index is 14.9. The van der Waals surface area contributed by atoms with Crippen molar-refractivity contribution >= 4 is 27.5 Å². The fourth-order valence-corrected chi connectivity index (χ4v) is 6.12. The number of nitrogens with zero attached hydrogens (tertiary/aromatic N) is 2. The number of carbonyl (C=O) groups is 2. The summed E-state index contributed by atoms with van der Waals surface area (Å²) in [6.45, 7) is 3.37. The number of aryl methyl sites for hydroxylation is 1. The number of amides is 2. The van der Waals surface area contributed by atoms with Crippen molar-refractivity contribution in [2.45, 2.75) is 44.2 Å². The lowest BCUT2D eigenvalue weighted by Crippen LogP contribution is -2.53. The zero-order valence-corrected chi connectivity index (χ0v) is 25.1. The average Bonchev–Trinajstić information content (AvgIpc) is 3.02. The van der Waals surface area contributed by atoms with Crippen molar-refractivity contribution in [1.82, 2.24) is 10.2 Å². The molecule has 7 nitrogen and oxygen atoms in total. The lowest BCUT2D eigenvalue weighted by molar-refractivity contribution is -0.140. The SMILES string of the molecule is CCCNC(=O)[C@H](Cc1ccccc1)N(Cc1ccccc1F)C(=O)CN(c1ccc(C)cc1)S(=O)(=O)c1ccccc1. The number of nitrogens with one attached hydrogen (secondary N) is 1. The molecule has 0 aromatic heterocycles. The Morgan fingerprint density at radius 3 is 2.07 bits per heavy atom. The van der Waals surface area contributed by atoms with E-state index in [1.54, 1.807) is 60.7 Å². The molecule has 1 atom stereocenters. The Labute approximate surface area is 253 Å². The Morgan fingerprint density at radius 1 is 0.837 bits per heavy atom. The van der Waals surface area contributed by atoms with Crippen LogP contribution in [0.5, 0.6) is 0 Å². The molecule has 0 saturated carbocycles. The van der Waals surface area contributed by atoms with Gasteiger partial charge < -0.3 is 10.2 Å². The van der Waals surface area contributed by atoms with Crippen molar-refractivity contribution < 1.29 is 22.4 Å². The van der Waals surface area contributed by atoms with Gasteiger partial charge in [-0.3, -0.25) is 13.9 Å². The quantitative estimate of drug-likeness (QED) is 0.219. The molecule has 0 radical (unpaired) electrons. The number of rotatable bonds is 13. The van der Waals surface area contributed by atoms with Crippen LogP contribution in [-0.2, 0) is 32.6 Å². The summed E-state index contributed by atoms with van der Waals surface area (Å²) >= 11 is 0. The van der Waals surface area contributed by atoms with Gasteiger partial charge in [0.25, 0.3) is 10.0 Å². The van der Waals surface area contributed by atoms with Crippen LogP contribution in [0.1, 0.15) is 30.0 Å². The van der Waals surface area contributed by atoms with Gasteiger partial charge >= 0.3 is 0 Å². The van der Waals surface area contributed by atoms with E-state index in [0.717, 1.165) is 15.4 Å². The molecule has 0 aliphatic heterocycles. The Balaban J connectivity index is 1.79. The van der Waals surface area contributed by atoms with Crippen LogP contribution in [0.4, 0.5) is 10.1 Å². The van der Waals surface area contributed by atoms with E-state index in [4.69, 9.17) is 0 Å². The van der Waals surface area contributed by atoms with E-state index < -0.39 is 40.2 Å². The zero-order valence-electron chi connectivity index (χ0n) is 24.3. The Bertz CT molecular complexity index is 1610. The van der Waals surface area contributed by atoms with Crippen molar-refractivity contribution in [3.8, 4) is 0 Å². The predicted octanol–water partition coefficient (Wildman–Crippen LogP) is 5.50. The van der Waals surface area contributed by atoms with Gasteiger partial charge in [0.2, 0.25) is 11.8 Å². The summed E-state index contributed by atoms with van der Waals surface area (Å²) in [4.78, 5) is 29.2. The molecule has 1 N–H and O–H groups in total. The Morgan fingerprint density at radius 2 is 1.44 bits per heavy atom. The molecule has 0 spiro atoms. The van der Waals surface area contributed by atoms with Gasteiger partial charge in [-0.05, 0) is 49.2 Å². The van der Waals surface area contributed by atoms with Crippen LogP contribution in [0.15, 0.2) is 114 Å². The van der Waals surface area contributed by atoms with Gasteiger partial charge in [0.05, 0.1) is 10.6 Å². The molecule has 2 amide bonds. The first kappa shape index (κ1) is 31.4. The van der Waals surface area contributed by atoms with Gasteiger partial charge in [-0.15, -0.1) is 0 Å². The number of benzene rings is 4. The lowest BCUT2D eigenvalue weighted by atomic mass is 10.0. The second-order valence-corrected chi connectivity index (χ2v) is 12.1. The van der Waals surface area contributed by atoms with Gasteiger partial charge in [0.15, 0.2) is 0 Å². The normalized spacial score (nSPS) is 11.9. The molecule has 4 aromatic carbocycles. The van der Waals surface area contributed by atoms with E-state index in [2.05, 4.69) is 5.32 Å². The molecule has 0 bridgehead atoms. The number of hydrogen-bond acceptors (Lipinski definition) is 4. The standard InChI is InChI=1S/C34H36FN3O4S/c1-3-22-36-34(40)32(23-27-12-6-4-7-13-27)37(24-28-14-10-11-17-31(28)35)33(39)25-38(29-20-18-26(2)19-21-29)43(41,42)30-15-8-5-9-16-30/h4-21,32H,3,22-25H2,1-2H3,(H,36,40)/t32-/m0/s1. The highest BCUT2D eigenvalue weighted by molar-refractivity contribution is 7.92. The first-order valence-corrected chi connectivity index (χ1v) is 15.6. The largest absolute Gasteiger partial charge is 0.354 e. The monoisotopic (exact) mass is 601 g/mol. The summed E-state index contributed by atoms with van der Waals surface area (Å²) in [5.74, 6) is -1.57. The number of carbonyl (C=O) groups excluding carboxylic acids is 2. The van der Waals surface area contributed by atoms with Crippen LogP contribution in [-0.4, -0.2) is 44.3 Å². The van der Waals surface area contributed by atoms with Gasteiger partial charge in [0, 0.05) is 25.1 Å². The van der Waals surface area contributed by atoms with Crippen molar-refractivity contribution in [3.05, 3.63) is 132 Å². The van der Waals surface area contributed by atoms with Crippen LogP contribution in [0, 0.1) is 12.7 Å². The summed E-state index contributed by atoms with van der Waals surface area (Å²) in [6.07, 6.45) is 0.841. The fourth-order valence-electron chi connectivity index (χ4n) is 4.69. The van der Waals surface area contributed by atoms with E-state index in [1.165, 1.54) is 23.1 Å². The molecule has 4 rings (SSSR count). The highest BCUT2D eigenvalue weighted by atomic mass is 32.2.